The van der Waals surface area contributed by atoms with E-state index < -0.39 is 0 Å². The van der Waals surface area contributed by atoms with E-state index >= 15 is 0 Å². The van der Waals surface area contributed by atoms with E-state index in [1.165, 1.54) is 32.1 Å². The lowest BCUT2D eigenvalue weighted by molar-refractivity contribution is 0.0537. The molecule has 2 aliphatic rings. The largest absolute Gasteiger partial charge is 0.393 e. The zero-order valence-corrected chi connectivity index (χ0v) is 8.34. The molecule has 0 amide bonds. The summed E-state index contributed by atoms with van der Waals surface area (Å²) in [5.41, 5.74) is 0. The molecule has 1 unspecified atom stereocenters. The molecule has 0 spiro atoms. The standard InChI is InChI=1S/C11H21NO/c13-11(6-9-7-12-8-9)10-4-2-1-3-5-10/h9-13H,1-8H2. The van der Waals surface area contributed by atoms with Crippen LogP contribution in [0.1, 0.15) is 38.5 Å². The van der Waals surface area contributed by atoms with E-state index in [9.17, 15) is 5.11 Å². The van der Waals surface area contributed by atoms with Gasteiger partial charge in [-0.2, -0.15) is 0 Å². The molecule has 1 aliphatic carbocycles. The van der Waals surface area contributed by atoms with E-state index in [0.29, 0.717) is 5.92 Å². The highest BCUT2D eigenvalue weighted by molar-refractivity contribution is 4.81. The van der Waals surface area contributed by atoms with Crippen LogP contribution in [0.3, 0.4) is 0 Å². The summed E-state index contributed by atoms with van der Waals surface area (Å²) in [6.07, 6.45) is 7.62. The van der Waals surface area contributed by atoms with Gasteiger partial charge in [-0.3, -0.25) is 0 Å². The molecule has 2 N–H and O–H groups in total. The summed E-state index contributed by atoms with van der Waals surface area (Å²) in [5, 5.41) is 13.2. The second kappa shape index (κ2) is 4.43. The lowest BCUT2D eigenvalue weighted by atomic mass is 9.81. The summed E-state index contributed by atoms with van der Waals surface area (Å²) < 4.78 is 0. The van der Waals surface area contributed by atoms with E-state index in [-0.39, 0.29) is 6.10 Å². The van der Waals surface area contributed by atoms with Crippen molar-refractivity contribution in [3.63, 3.8) is 0 Å². The van der Waals surface area contributed by atoms with Crippen molar-refractivity contribution in [1.82, 2.24) is 5.32 Å². The average molecular weight is 183 g/mol. The molecule has 2 rings (SSSR count). The van der Waals surface area contributed by atoms with Crippen LogP contribution in [-0.2, 0) is 0 Å². The third kappa shape index (κ3) is 2.44. The Labute approximate surface area is 80.7 Å². The summed E-state index contributed by atoms with van der Waals surface area (Å²) in [4.78, 5) is 0. The fourth-order valence-electron chi connectivity index (χ4n) is 2.57. The zero-order chi connectivity index (χ0) is 9.10. The summed E-state index contributed by atoms with van der Waals surface area (Å²) in [7, 11) is 0. The van der Waals surface area contributed by atoms with Gasteiger partial charge in [-0.1, -0.05) is 19.3 Å². The Morgan fingerprint density at radius 2 is 1.85 bits per heavy atom. The first-order chi connectivity index (χ1) is 6.36. The Morgan fingerprint density at radius 3 is 2.38 bits per heavy atom. The molecule has 13 heavy (non-hydrogen) atoms. The van der Waals surface area contributed by atoms with Crippen LogP contribution in [0.2, 0.25) is 0 Å². The van der Waals surface area contributed by atoms with Crippen molar-refractivity contribution >= 4 is 0 Å². The third-order valence-electron chi connectivity index (χ3n) is 3.63. The van der Waals surface area contributed by atoms with Crippen LogP contribution in [0.15, 0.2) is 0 Å². The fraction of sp³-hybridized carbons (Fsp3) is 1.00. The molecule has 0 aromatic heterocycles. The minimum absolute atomic E-state index is 0.00704. The van der Waals surface area contributed by atoms with Gasteiger partial charge < -0.3 is 10.4 Å². The van der Waals surface area contributed by atoms with Crippen molar-refractivity contribution < 1.29 is 5.11 Å². The van der Waals surface area contributed by atoms with Crippen LogP contribution in [0, 0.1) is 11.8 Å². The zero-order valence-electron chi connectivity index (χ0n) is 8.34. The minimum Gasteiger partial charge on any atom is -0.393 e. The van der Waals surface area contributed by atoms with E-state index in [0.717, 1.165) is 25.4 Å². The van der Waals surface area contributed by atoms with Crippen molar-refractivity contribution in [2.24, 2.45) is 11.8 Å². The number of nitrogens with one attached hydrogen (secondary N) is 1. The smallest absolute Gasteiger partial charge is 0.0572 e. The lowest BCUT2D eigenvalue weighted by Gasteiger charge is -2.33. The van der Waals surface area contributed by atoms with Gasteiger partial charge >= 0.3 is 0 Å². The number of rotatable bonds is 3. The van der Waals surface area contributed by atoms with Gasteiger partial charge in [0.15, 0.2) is 0 Å². The molecule has 0 radical (unpaired) electrons. The predicted molar refractivity (Wildman–Crippen MR) is 53.6 cm³/mol. The third-order valence-corrected chi connectivity index (χ3v) is 3.63. The Bertz CT molecular complexity index is 150. The van der Waals surface area contributed by atoms with Crippen LogP contribution in [-0.4, -0.2) is 24.3 Å². The first-order valence-corrected chi connectivity index (χ1v) is 5.75. The van der Waals surface area contributed by atoms with Gasteiger partial charge in [0.05, 0.1) is 6.10 Å². The molecule has 2 nitrogen and oxygen atoms in total. The molecule has 1 aliphatic heterocycles. The van der Waals surface area contributed by atoms with Gasteiger partial charge in [0, 0.05) is 0 Å². The lowest BCUT2D eigenvalue weighted by Crippen LogP contribution is -2.44. The highest BCUT2D eigenvalue weighted by Gasteiger charge is 2.26. The number of hydrogen-bond donors (Lipinski definition) is 2. The van der Waals surface area contributed by atoms with Crippen molar-refractivity contribution in [3.8, 4) is 0 Å². The summed E-state index contributed by atoms with van der Waals surface area (Å²) in [5.74, 6) is 1.38. The van der Waals surface area contributed by atoms with Crippen molar-refractivity contribution in [1.29, 1.82) is 0 Å². The highest BCUT2D eigenvalue weighted by atomic mass is 16.3. The second-order valence-electron chi connectivity index (χ2n) is 4.73. The minimum atomic E-state index is -0.00704. The van der Waals surface area contributed by atoms with Crippen molar-refractivity contribution in [2.45, 2.75) is 44.6 Å². The van der Waals surface area contributed by atoms with Crippen LogP contribution in [0.4, 0.5) is 0 Å². The topological polar surface area (TPSA) is 32.3 Å². The molecule has 1 saturated carbocycles. The molecule has 2 fully saturated rings. The number of aliphatic hydroxyl groups excluding tert-OH is 1. The van der Waals surface area contributed by atoms with Gasteiger partial charge in [-0.25, -0.2) is 0 Å². The van der Waals surface area contributed by atoms with E-state index in [4.69, 9.17) is 0 Å². The highest BCUT2D eigenvalue weighted by Crippen LogP contribution is 2.29. The van der Waals surface area contributed by atoms with Gasteiger partial charge in [-0.15, -0.1) is 0 Å². The molecule has 76 valence electrons. The van der Waals surface area contributed by atoms with Crippen LogP contribution in [0.25, 0.3) is 0 Å². The Hall–Kier alpha value is -0.0800. The van der Waals surface area contributed by atoms with Crippen LogP contribution < -0.4 is 5.32 Å². The second-order valence-corrected chi connectivity index (χ2v) is 4.73. The van der Waals surface area contributed by atoms with Gasteiger partial charge in [0.1, 0.15) is 0 Å². The van der Waals surface area contributed by atoms with Crippen LogP contribution >= 0.6 is 0 Å². The molecule has 1 heterocycles. The number of hydrogen-bond acceptors (Lipinski definition) is 2. The van der Waals surface area contributed by atoms with Crippen molar-refractivity contribution in [2.75, 3.05) is 13.1 Å². The molecule has 1 atom stereocenters. The van der Waals surface area contributed by atoms with Crippen molar-refractivity contribution in [3.05, 3.63) is 0 Å². The SMILES string of the molecule is OC(CC1CNC1)C1CCCCC1. The molecule has 0 aromatic carbocycles. The Balaban J connectivity index is 1.70. The van der Waals surface area contributed by atoms with Crippen LogP contribution in [0.5, 0.6) is 0 Å². The maximum atomic E-state index is 9.98. The Morgan fingerprint density at radius 1 is 1.15 bits per heavy atom. The average Bonchev–Trinajstić information content (AvgIpc) is 2.12. The van der Waals surface area contributed by atoms with E-state index in [1.807, 2.05) is 0 Å². The molecular formula is C11H21NO. The molecular weight excluding hydrogens is 162 g/mol. The number of aliphatic hydroxyl groups is 1. The first-order valence-electron chi connectivity index (χ1n) is 5.75. The normalized spacial score (nSPS) is 28.4. The maximum absolute atomic E-state index is 9.98. The first kappa shape index (κ1) is 9.47. The van der Waals surface area contributed by atoms with Gasteiger partial charge in [0.2, 0.25) is 0 Å². The van der Waals surface area contributed by atoms with E-state index in [1.54, 1.807) is 0 Å². The summed E-state index contributed by atoms with van der Waals surface area (Å²) in [6.45, 7) is 2.26. The maximum Gasteiger partial charge on any atom is 0.0572 e. The van der Waals surface area contributed by atoms with E-state index in [2.05, 4.69) is 5.32 Å². The molecule has 1 saturated heterocycles. The fourth-order valence-corrected chi connectivity index (χ4v) is 2.57. The summed E-state index contributed by atoms with van der Waals surface area (Å²) in [6, 6.07) is 0. The van der Waals surface area contributed by atoms with Gasteiger partial charge in [-0.05, 0) is 44.2 Å². The molecule has 2 heteroatoms. The summed E-state index contributed by atoms with van der Waals surface area (Å²) >= 11 is 0. The predicted octanol–water partition coefficient (Wildman–Crippen LogP) is 1.54. The molecule has 0 bridgehead atoms. The monoisotopic (exact) mass is 183 g/mol. The molecule has 0 aromatic rings. The Kier molecular flexibility index (Phi) is 3.23. The quantitative estimate of drug-likeness (QED) is 0.695. The van der Waals surface area contributed by atoms with Gasteiger partial charge in [0.25, 0.3) is 0 Å².